The van der Waals surface area contributed by atoms with Crippen molar-refractivity contribution in [2.75, 3.05) is 6.54 Å². The van der Waals surface area contributed by atoms with E-state index in [-0.39, 0.29) is 5.91 Å². The van der Waals surface area contributed by atoms with Crippen molar-refractivity contribution < 1.29 is 4.79 Å². The molecule has 1 aromatic rings. The zero-order chi connectivity index (χ0) is 14.4. The molecule has 1 amide bonds. The molecule has 5 heteroatoms. The number of amides is 1. The van der Waals surface area contributed by atoms with Gasteiger partial charge in [0.25, 0.3) is 0 Å². The molecule has 112 valence electrons. The fourth-order valence-corrected chi connectivity index (χ4v) is 2.79. The molecule has 2 heterocycles. The Morgan fingerprint density at radius 2 is 2.40 bits per heavy atom. The molecule has 1 fully saturated rings. The van der Waals surface area contributed by atoms with E-state index in [1.807, 2.05) is 17.9 Å². The van der Waals surface area contributed by atoms with Gasteiger partial charge >= 0.3 is 0 Å². The van der Waals surface area contributed by atoms with Crippen molar-refractivity contribution in [3.05, 3.63) is 17.5 Å². The van der Waals surface area contributed by atoms with Gasteiger partial charge in [-0.1, -0.05) is 13.3 Å². The van der Waals surface area contributed by atoms with Gasteiger partial charge < -0.3 is 10.6 Å². The minimum Gasteiger partial charge on any atom is -0.352 e. The van der Waals surface area contributed by atoms with Gasteiger partial charge in [0, 0.05) is 37.8 Å². The second-order valence-electron chi connectivity index (χ2n) is 5.59. The second-order valence-corrected chi connectivity index (χ2v) is 5.59. The van der Waals surface area contributed by atoms with E-state index in [4.69, 9.17) is 0 Å². The van der Waals surface area contributed by atoms with E-state index in [0.717, 1.165) is 30.6 Å². The number of nitrogens with zero attached hydrogens (tertiary/aromatic N) is 2. The lowest BCUT2D eigenvalue weighted by atomic mass is 10.0. The lowest BCUT2D eigenvalue weighted by Gasteiger charge is -2.23. The van der Waals surface area contributed by atoms with Crippen LogP contribution >= 0.6 is 0 Å². The number of nitrogens with one attached hydrogen (secondary N) is 2. The number of aromatic nitrogens is 2. The quantitative estimate of drug-likeness (QED) is 0.829. The summed E-state index contributed by atoms with van der Waals surface area (Å²) in [5.41, 5.74) is 2.20. The molecule has 2 rings (SSSR count). The molecule has 1 atom stereocenters. The third-order valence-electron chi connectivity index (χ3n) is 3.93. The molecule has 0 aliphatic carbocycles. The zero-order valence-corrected chi connectivity index (χ0v) is 12.6. The van der Waals surface area contributed by atoms with Gasteiger partial charge in [0.1, 0.15) is 0 Å². The van der Waals surface area contributed by atoms with Crippen LogP contribution in [0.2, 0.25) is 0 Å². The van der Waals surface area contributed by atoms with Gasteiger partial charge in [-0.15, -0.1) is 0 Å². The van der Waals surface area contributed by atoms with Crippen LogP contribution in [0, 0.1) is 0 Å². The van der Waals surface area contributed by atoms with Crippen LogP contribution in [0.3, 0.4) is 0 Å². The molecule has 0 aromatic carbocycles. The first-order valence-electron chi connectivity index (χ1n) is 7.70. The Labute approximate surface area is 121 Å². The van der Waals surface area contributed by atoms with E-state index < -0.39 is 0 Å². The number of carbonyl (C=O) groups is 1. The van der Waals surface area contributed by atoms with Gasteiger partial charge in [0.15, 0.2) is 0 Å². The Balaban J connectivity index is 1.71. The summed E-state index contributed by atoms with van der Waals surface area (Å²) in [6.07, 6.45) is 8.20. The molecule has 0 spiro atoms. The highest BCUT2D eigenvalue weighted by molar-refractivity contribution is 5.75. The highest BCUT2D eigenvalue weighted by Gasteiger charge is 2.14. The van der Waals surface area contributed by atoms with Gasteiger partial charge in [0.05, 0.1) is 5.69 Å². The minimum absolute atomic E-state index is 0.142. The lowest BCUT2D eigenvalue weighted by Crippen LogP contribution is -2.35. The predicted octanol–water partition coefficient (Wildman–Crippen LogP) is 1.52. The van der Waals surface area contributed by atoms with Gasteiger partial charge in [-0.2, -0.15) is 5.10 Å². The van der Waals surface area contributed by atoms with E-state index in [9.17, 15) is 4.79 Å². The van der Waals surface area contributed by atoms with Gasteiger partial charge in [0.2, 0.25) is 5.91 Å². The maximum absolute atomic E-state index is 11.9. The summed E-state index contributed by atoms with van der Waals surface area (Å²) >= 11 is 0. The van der Waals surface area contributed by atoms with E-state index in [1.165, 1.54) is 19.3 Å². The van der Waals surface area contributed by atoms with E-state index in [2.05, 4.69) is 22.7 Å². The van der Waals surface area contributed by atoms with E-state index >= 15 is 0 Å². The van der Waals surface area contributed by atoms with Crippen LogP contribution in [0.5, 0.6) is 0 Å². The highest BCUT2D eigenvalue weighted by Crippen LogP contribution is 2.12. The first-order valence-corrected chi connectivity index (χ1v) is 7.70. The van der Waals surface area contributed by atoms with Crippen LogP contribution in [0.15, 0.2) is 6.20 Å². The molecule has 20 heavy (non-hydrogen) atoms. The SMILES string of the molecule is CCc1nn(C)cc1CNC(=O)CCC1CCCCN1. The van der Waals surface area contributed by atoms with Crippen molar-refractivity contribution in [3.8, 4) is 0 Å². The predicted molar refractivity (Wildman–Crippen MR) is 79.3 cm³/mol. The Morgan fingerprint density at radius 1 is 1.55 bits per heavy atom. The van der Waals surface area contributed by atoms with Crippen LogP contribution < -0.4 is 10.6 Å². The van der Waals surface area contributed by atoms with Crippen LogP contribution in [0.4, 0.5) is 0 Å². The number of hydrogen-bond acceptors (Lipinski definition) is 3. The molecule has 0 radical (unpaired) electrons. The molecule has 0 bridgehead atoms. The van der Waals surface area contributed by atoms with E-state index in [1.54, 1.807) is 0 Å². The Bertz CT molecular complexity index is 435. The first-order chi connectivity index (χ1) is 9.69. The fourth-order valence-electron chi connectivity index (χ4n) is 2.79. The molecule has 1 aliphatic heterocycles. The van der Waals surface area contributed by atoms with Crippen molar-refractivity contribution >= 4 is 5.91 Å². The molecular formula is C15H26N4O. The Morgan fingerprint density at radius 3 is 3.10 bits per heavy atom. The molecule has 1 aliphatic rings. The summed E-state index contributed by atoms with van der Waals surface area (Å²) in [7, 11) is 1.92. The molecule has 1 unspecified atom stereocenters. The minimum atomic E-state index is 0.142. The Hall–Kier alpha value is -1.36. The number of piperidine rings is 1. The molecule has 5 nitrogen and oxygen atoms in total. The summed E-state index contributed by atoms with van der Waals surface area (Å²) in [6.45, 7) is 3.78. The van der Waals surface area contributed by atoms with Crippen molar-refractivity contribution in [2.45, 2.75) is 58.0 Å². The maximum Gasteiger partial charge on any atom is 0.220 e. The summed E-state index contributed by atoms with van der Waals surface area (Å²) in [4.78, 5) is 11.9. The largest absolute Gasteiger partial charge is 0.352 e. The third-order valence-corrected chi connectivity index (χ3v) is 3.93. The van der Waals surface area contributed by atoms with Gasteiger partial charge in [-0.3, -0.25) is 9.48 Å². The van der Waals surface area contributed by atoms with Crippen molar-refractivity contribution in [2.24, 2.45) is 7.05 Å². The monoisotopic (exact) mass is 278 g/mol. The summed E-state index contributed by atoms with van der Waals surface area (Å²) in [5, 5.41) is 10.9. The van der Waals surface area contributed by atoms with Crippen molar-refractivity contribution in [3.63, 3.8) is 0 Å². The van der Waals surface area contributed by atoms with Crippen LogP contribution in [-0.2, 0) is 24.8 Å². The first kappa shape index (κ1) is 15.0. The molecule has 2 N–H and O–H groups in total. The van der Waals surface area contributed by atoms with Crippen LogP contribution in [0.25, 0.3) is 0 Å². The standard InChI is InChI=1S/C15H26N4O/c1-3-14-12(11-19(2)18-14)10-17-15(20)8-7-13-6-4-5-9-16-13/h11,13,16H,3-10H2,1-2H3,(H,17,20). The number of hydrogen-bond donors (Lipinski definition) is 2. The average Bonchev–Trinajstić information content (AvgIpc) is 2.84. The topological polar surface area (TPSA) is 59.0 Å². The third kappa shape index (κ3) is 4.34. The average molecular weight is 278 g/mol. The maximum atomic E-state index is 11.9. The number of aryl methyl sites for hydroxylation is 2. The lowest BCUT2D eigenvalue weighted by molar-refractivity contribution is -0.121. The molecule has 1 saturated heterocycles. The summed E-state index contributed by atoms with van der Waals surface area (Å²) < 4.78 is 1.81. The molecule has 0 saturated carbocycles. The highest BCUT2D eigenvalue weighted by atomic mass is 16.1. The number of carbonyl (C=O) groups excluding carboxylic acids is 1. The van der Waals surface area contributed by atoms with E-state index in [0.29, 0.717) is 19.0 Å². The zero-order valence-electron chi connectivity index (χ0n) is 12.6. The van der Waals surface area contributed by atoms with Gasteiger partial charge in [-0.05, 0) is 32.2 Å². The number of rotatable bonds is 6. The summed E-state index contributed by atoms with van der Waals surface area (Å²) in [5.74, 6) is 0.142. The van der Waals surface area contributed by atoms with Crippen molar-refractivity contribution in [1.29, 1.82) is 0 Å². The fraction of sp³-hybridized carbons (Fsp3) is 0.733. The second kappa shape index (κ2) is 7.43. The smallest absolute Gasteiger partial charge is 0.220 e. The normalized spacial score (nSPS) is 19.0. The van der Waals surface area contributed by atoms with Crippen LogP contribution in [-0.4, -0.2) is 28.3 Å². The molecular weight excluding hydrogens is 252 g/mol. The molecule has 1 aromatic heterocycles. The van der Waals surface area contributed by atoms with Crippen molar-refractivity contribution in [1.82, 2.24) is 20.4 Å². The van der Waals surface area contributed by atoms with Gasteiger partial charge in [-0.25, -0.2) is 0 Å². The van der Waals surface area contributed by atoms with Crippen LogP contribution in [0.1, 0.15) is 50.3 Å². The summed E-state index contributed by atoms with van der Waals surface area (Å²) in [6, 6.07) is 0.527. The Kier molecular flexibility index (Phi) is 5.59.